The number of aromatic nitrogens is 3. The zero-order valence-corrected chi connectivity index (χ0v) is 14.9. The number of hydrogen-bond donors (Lipinski definition) is 2. The molecule has 1 aliphatic heterocycles. The average Bonchev–Trinajstić information content (AvgIpc) is 3.14. The molecule has 0 radical (unpaired) electrons. The Labute approximate surface area is 153 Å². The standard InChI is InChI=1S/C19H25N5O2/c25-19(17-13-24(23-22-17)15-8-10-20-11-9-15)21-12-14-4-1-2-7-18(14)26-16-5-3-6-16/h1-2,4,7,13,15-16,20H,3,5-6,8-12H2,(H,21,25). The van der Waals surface area contributed by atoms with Crippen molar-refractivity contribution in [1.82, 2.24) is 25.6 Å². The van der Waals surface area contributed by atoms with Crippen molar-refractivity contribution in [3.63, 3.8) is 0 Å². The van der Waals surface area contributed by atoms with Crippen molar-refractivity contribution in [1.29, 1.82) is 0 Å². The predicted molar refractivity (Wildman–Crippen MR) is 97.0 cm³/mol. The number of hydrogen-bond acceptors (Lipinski definition) is 5. The Bertz CT molecular complexity index is 750. The highest BCUT2D eigenvalue weighted by Crippen LogP contribution is 2.27. The van der Waals surface area contributed by atoms with Crippen LogP contribution in [-0.2, 0) is 6.54 Å². The smallest absolute Gasteiger partial charge is 0.273 e. The molecule has 0 unspecified atom stereocenters. The van der Waals surface area contributed by atoms with Crippen LogP contribution in [0.4, 0.5) is 0 Å². The van der Waals surface area contributed by atoms with Crippen molar-refractivity contribution in [2.24, 2.45) is 0 Å². The summed E-state index contributed by atoms with van der Waals surface area (Å²) < 4.78 is 7.84. The van der Waals surface area contributed by atoms with Crippen LogP contribution in [0, 0.1) is 0 Å². The lowest BCUT2D eigenvalue weighted by Gasteiger charge is -2.27. The van der Waals surface area contributed by atoms with Crippen molar-refractivity contribution < 1.29 is 9.53 Å². The largest absolute Gasteiger partial charge is 0.490 e. The van der Waals surface area contributed by atoms with Gasteiger partial charge in [-0.1, -0.05) is 23.4 Å². The van der Waals surface area contributed by atoms with Gasteiger partial charge in [-0.15, -0.1) is 5.10 Å². The molecule has 0 bridgehead atoms. The lowest BCUT2D eigenvalue weighted by molar-refractivity contribution is 0.0943. The maximum atomic E-state index is 12.4. The summed E-state index contributed by atoms with van der Waals surface area (Å²) in [6, 6.07) is 8.20. The Morgan fingerprint density at radius 2 is 2.04 bits per heavy atom. The SMILES string of the molecule is O=C(NCc1ccccc1OC1CCC1)c1cn(C2CCNCC2)nn1. The monoisotopic (exact) mass is 355 g/mol. The summed E-state index contributed by atoms with van der Waals surface area (Å²) in [7, 11) is 0. The number of carbonyl (C=O) groups is 1. The lowest BCUT2D eigenvalue weighted by atomic mass is 9.96. The minimum absolute atomic E-state index is 0.205. The molecule has 1 saturated carbocycles. The molecular formula is C19H25N5O2. The molecule has 0 spiro atoms. The highest BCUT2D eigenvalue weighted by Gasteiger charge is 2.21. The molecule has 1 amide bonds. The summed E-state index contributed by atoms with van der Waals surface area (Å²) in [6.07, 6.45) is 7.54. The summed E-state index contributed by atoms with van der Waals surface area (Å²) in [5.74, 6) is 0.652. The molecular weight excluding hydrogens is 330 g/mol. The molecule has 2 fully saturated rings. The van der Waals surface area contributed by atoms with E-state index in [0.717, 1.165) is 50.1 Å². The Balaban J connectivity index is 1.36. The number of benzene rings is 1. The summed E-state index contributed by atoms with van der Waals surface area (Å²) in [6.45, 7) is 2.37. The number of rotatable bonds is 6. The number of nitrogens with zero attached hydrogens (tertiary/aromatic N) is 3. The number of para-hydroxylation sites is 1. The fraction of sp³-hybridized carbons (Fsp3) is 0.526. The third kappa shape index (κ3) is 3.88. The van der Waals surface area contributed by atoms with Gasteiger partial charge in [0.15, 0.2) is 5.69 Å². The predicted octanol–water partition coefficient (Wildman–Crippen LogP) is 2.06. The molecule has 0 atom stereocenters. The van der Waals surface area contributed by atoms with Gasteiger partial charge in [0.05, 0.1) is 18.3 Å². The van der Waals surface area contributed by atoms with E-state index in [1.165, 1.54) is 6.42 Å². The molecule has 2 heterocycles. The molecule has 2 aliphatic rings. The molecule has 1 aliphatic carbocycles. The zero-order chi connectivity index (χ0) is 17.8. The van der Waals surface area contributed by atoms with Crippen molar-refractivity contribution >= 4 is 5.91 Å². The van der Waals surface area contributed by atoms with Crippen LogP contribution in [0.1, 0.15) is 54.2 Å². The zero-order valence-electron chi connectivity index (χ0n) is 14.9. The molecule has 7 heteroatoms. The molecule has 1 saturated heterocycles. The van der Waals surface area contributed by atoms with Crippen LogP contribution in [0.5, 0.6) is 5.75 Å². The fourth-order valence-corrected chi connectivity index (χ4v) is 3.33. The summed E-state index contributed by atoms with van der Waals surface area (Å²) in [5, 5.41) is 14.5. The maximum absolute atomic E-state index is 12.4. The minimum atomic E-state index is -0.205. The van der Waals surface area contributed by atoms with E-state index in [0.29, 0.717) is 24.4 Å². The van der Waals surface area contributed by atoms with Crippen molar-refractivity contribution in [3.05, 3.63) is 41.7 Å². The maximum Gasteiger partial charge on any atom is 0.273 e. The van der Waals surface area contributed by atoms with E-state index in [4.69, 9.17) is 4.74 Å². The van der Waals surface area contributed by atoms with Crippen LogP contribution in [0.2, 0.25) is 0 Å². The topological polar surface area (TPSA) is 81.1 Å². The second kappa shape index (κ2) is 7.86. The third-order valence-electron chi connectivity index (χ3n) is 5.18. The quantitative estimate of drug-likeness (QED) is 0.829. The van der Waals surface area contributed by atoms with E-state index >= 15 is 0 Å². The molecule has 1 aromatic heterocycles. The Morgan fingerprint density at radius 1 is 1.23 bits per heavy atom. The normalized spacial score (nSPS) is 18.3. The van der Waals surface area contributed by atoms with E-state index < -0.39 is 0 Å². The third-order valence-corrected chi connectivity index (χ3v) is 5.18. The van der Waals surface area contributed by atoms with Crippen LogP contribution >= 0.6 is 0 Å². The molecule has 7 nitrogen and oxygen atoms in total. The summed E-state index contributed by atoms with van der Waals surface area (Å²) >= 11 is 0. The molecule has 2 N–H and O–H groups in total. The van der Waals surface area contributed by atoms with Crippen LogP contribution < -0.4 is 15.4 Å². The van der Waals surface area contributed by atoms with E-state index in [1.807, 2.05) is 28.9 Å². The Hall–Kier alpha value is -2.41. The average molecular weight is 355 g/mol. The van der Waals surface area contributed by atoms with Gasteiger partial charge in [0.25, 0.3) is 5.91 Å². The Morgan fingerprint density at radius 3 is 2.81 bits per heavy atom. The Kier molecular flexibility index (Phi) is 5.15. The molecule has 2 aromatic rings. The van der Waals surface area contributed by atoms with Crippen LogP contribution in [0.15, 0.2) is 30.5 Å². The van der Waals surface area contributed by atoms with Crippen molar-refractivity contribution in [2.75, 3.05) is 13.1 Å². The van der Waals surface area contributed by atoms with Gasteiger partial charge < -0.3 is 15.4 Å². The number of ether oxygens (including phenoxy) is 1. The van der Waals surface area contributed by atoms with Gasteiger partial charge in [-0.25, -0.2) is 4.68 Å². The van der Waals surface area contributed by atoms with E-state index in [1.54, 1.807) is 6.20 Å². The van der Waals surface area contributed by atoms with Crippen LogP contribution in [0.3, 0.4) is 0 Å². The van der Waals surface area contributed by atoms with Gasteiger partial charge in [0.2, 0.25) is 0 Å². The van der Waals surface area contributed by atoms with Gasteiger partial charge in [0, 0.05) is 12.1 Å². The van der Waals surface area contributed by atoms with E-state index in [9.17, 15) is 4.79 Å². The first-order valence-corrected chi connectivity index (χ1v) is 9.45. The highest BCUT2D eigenvalue weighted by atomic mass is 16.5. The van der Waals surface area contributed by atoms with Gasteiger partial charge in [-0.2, -0.15) is 0 Å². The number of carbonyl (C=O) groups excluding carboxylic acids is 1. The van der Waals surface area contributed by atoms with Crippen LogP contribution in [-0.4, -0.2) is 40.1 Å². The minimum Gasteiger partial charge on any atom is -0.490 e. The highest BCUT2D eigenvalue weighted by molar-refractivity contribution is 5.91. The molecule has 138 valence electrons. The molecule has 26 heavy (non-hydrogen) atoms. The van der Waals surface area contributed by atoms with Gasteiger partial charge >= 0.3 is 0 Å². The summed E-state index contributed by atoms with van der Waals surface area (Å²) in [4.78, 5) is 12.4. The van der Waals surface area contributed by atoms with Crippen molar-refractivity contribution in [2.45, 2.75) is 50.8 Å². The second-order valence-corrected chi connectivity index (χ2v) is 7.03. The fourth-order valence-electron chi connectivity index (χ4n) is 3.33. The van der Waals surface area contributed by atoms with Gasteiger partial charge in [-0.05, 0) is 51.3 Å². The molecule has 4 rings (SSSR count). The van der Waals surface area contributed by atoms with Crippen LogP contribution in [0.25, 0.3) is 0 Å². The first-order valence-electron chi connectivity index (χ1n) is 9.45. The number of amides is 1. The first-order chi connectivity index (χ1) is 12.8. The molecule has 1 aromatic carbocycles. The second-order valence-electron chi connectivity index (χ2n) is 7.03. The summed E-state index contributed by atoms with van der Waals surface area (Å²) in [5.41, 5.74) is 1.35. The van der Waals surface area contributed by atoms with Gasteiger partial charge in [0.1, 0.15) is 5.75 Å². The van der Waals surface area contributed by atoms with Gasteiger partial charge in [-0.3, -0.25) is 4.79 Å². The van der Waals surface area contributed by atoms with E-state index in [2.05, 4.69) is 20.9 Å². The lowest BCUT2D eigenvalue weighted by Crippen LogP contribution is -2.29. The van der Waals surface area contributed by atoms with Crippen molar-refractivity contribution in [3.8, 4) is 5.75 Å². The first kappa shape index (κ1) is 17.0. The number of piperidine rings is 1. The number of nitrogens with one attached hydrogen (secondary N) is 2. The van der Waals surface area contributed by atoms with E-state index in [-0.39, 0.29) is 5.91 Å².